The molecular formula is C11H22N2O. The summed E-state index contributed by atoms with van der Waals surface area (Å²) < 4.78 is 5.26. The standard InChI is InChI=1S/C11H22N2O/c1-2-3-4-5-6-12-11-13-7-9-14-10-8-13/h11H,2-10H2,1H3/b12-11+. The molecule has 82 valence electrons. The average molecular weight is 198 g/mol. The molecule has 1 aliphatic rings. The smallest absolute Gasteiger partial charge is 0.0851 e. The maximum absolute atomic E-state index is 5.26. The molecular weight excluding hydrogens is 176 g/mol. The minimum absolute atomic E-state index is 0.849. The Labute approximate surface area is 87.2 Å². The van der Waals surface area contributed by atoms with E-state index in [-0.39, 0.29) is 0 Å². The first-order chi connectivity index (χ1) is 6.93. The van der Waals surface area contributed by atoms with Crippen LogP contribution in [0.3, 0.4) is 0 Å². The molecule has 1 heterocycles. The van der Waals surface area contributed by atoms with Crippen LogP contribution in [0.4, 0.5) is 0 Å². The van der Waals surface area contributed by atoms with E-state index < -0.39 is 0 Å². The first-order valence-electron chi connectivity index (χ1n) is 5.75. The number of ether oxygens (including phenoxy) is 1. The van der Waals surface area contributed by atoms with Crippen molar-refractivity contribution in [2.45, 2.75) is 32.6 Å². The molecule has 0 aromatic heterocycles. The fourth-order valence-corrected chi connectivity index (χ4v) is 1.50. The third kappa shape index (κ3) is 5.22. The van der Waals surface area contributed by atoms with Gasteiger partial charge in [-0.05, 0) is 6.42 Å². The zero-order valence-corrected chi connectivity index (χ0v) is 9.24. The van der Waals surface area contributed by atoms with E-state index in [1.54, 1.807) is 0 Å². The summed E-state index contributed by atoms with van der Waals surface area (Å²) in [6.07, 6.45) is 7.18. The molecule has 1 fully saturated rings. The molecule has 0 amide bonds. The molecule has 0 N–H and O–H groups in total. The maximum atomic E-state index is 5.26. The van der Waals surface area contributed by atoms with Crippen molar-refractivity contribution in [1.82, 2.24) is 4.90 Å². The monoisotopic (exact) mass is 198 g/mol. The number of hydrogen-bond acceptors (Lipinski definition) is 2. The van der Waals surface area contributed by atoms with Crippen LogP contribution in [0, 0.1) is 0 Å². The molecule has 3 nitrogen and oxygen atoms in total. The van der Waals surface area contributed by atoms with Gasteiger partial charge in [0.2, 0.25) is 0 Å². The molecule has 3 heteroatoms. The Hall–Kier alpha value is -0.570. The van der Waals surface area contributed by atoms with Gasteiger partial charge in [-0.1, -0.05) is 26.2 Å². The summed E-state index contributed by atoms with van der Waals surface area (Å²) in [5.41, 5.74) is 0. The normalized spacial score (nSPS) is 17.9. The largest absolute Gasteiger partial charge is 0.378 e. The minimum Gasteiger partial charge on any atom is -0.378 e. The summed E-state index contributed by atoms with van der Waals surface area (Å²) in [6.45, 7) is 6.91. The molecule has 0 radical (unpaired) electrons. The summed E-state index contributed by atoms with van der Waals surface area (Å²) in [4.78, 5) is 6.65. The van der Waals surface area contributed by atoms with E-state index in [1.165, 1.54) is 25.7 Å². The van der Waals surface area contributed by atoms with Crippen LogP contribution in [0.5, 0.6) is 0 Å². The molecule has 0 saturated carbocycles. The van der Waals surface area contributed by atoms with Crippen molar-refractivity contribution in [2.24, 2.45) is 4.99 Å². The zero-order valence-electron chi connectivity index (χ0n) is 9.24. The van der Waals surface area contributed by atoms with Crippen LogP contribution < -0.4 is 0 Å². The lowest BCUT2D eigenvalue weighted by Gasteiger charge is -2.24. The van der Waals surface area contributed by atoms with E-state index in [0.717, 1.165) is 32.8 Å². The highest BCUT2D eigenvalue weighted by molar-refractivity contribution is 5.54. The van der Waals surface area contributed by atoms with Crippen molar-refractivity contribution < 1.29 is 4.74 Å². The molecule has 0 unspecified atom stereocenters. The van der Waals surface area contributed by atoms with Gasteiger partial charge in [0, 0.05) is 19.6 Å². The van der Waals surface area contributed by atoms with Crippen LogP contribution in [-0.2, 0) is 4.74 Å². The Morgan fingerprint density at radius 1 is 1.21 bits per heavy atom. The van der Waals surface area contributed by atoms with Gasteiger partial charge in [0.25, 0.3) is 0 Å². The zero-order chi connectivity index (χ0) is 10.1. The van der Waals surface area contributed by atoms with E-state index in [9.17, 15) is 0 Å². The molecule has 0 aliphatic carbocycles. The van der Waals surface area contributed by atoms with Crippen LogP contribution in [0.1, 0.15) is 32.6 Å². The summed E-state index contributed by atoms with van der Waals surface area (Å²) >= 11 is 0. The Kier molecular flexibility index (Phi) is 6.41. The van der Waals surface area contributed by atoms with Gasteiger partial charge in [-0.2, -0.15) is 0 Å². The highest BCUT2D eigenvalue weighted by atomic mass is 16.5. The third-order valence-electron chi connectivity index (χ3n) is 2.43. The van der Waals surface area contributed by atoms with Crippen molar-refractivity contribution in [1.29, 1.82) is 0 Å². The van der Waals surface area contributed by atoms with Gasteiger partial charge in [0.15, 0.2) is 0 Å². The van der Waals surface area contributed by atoms with Crippen molar-refractivity contribution in [3.05, 3.63) is 0 Å². The van der Waals surface area contributed by atoms with Gasteiger partial charge in [0.1, 0.15) is 0 Å². The lowest BCUT2D eigenvalue weighted by Crippen LogP contribution is -2.35. The number of hydrogen-bond donors (Lipinski definition) is 0. The fourth-order valence-electron chi connectivity index (χ4n) is 1.50. The van der Waals surface area contributed by atoms with E-state index in [2.05, 4.69) is 16.8 Å². The van der Waals surface area contributed by atoms with Crippen LogP contribution in [0.25, 0.3) is 0 Å². The fraction of sp³-hybridized carbons (Fsp3) is 0.909. The van der Waals surface area contributed by atoms with Gasteiger partial charge in [-0.25, -0.2) is 0 Å². The van der Waals surface area contributed by atoms with Crippen LogP contribution in [0.2, 0.25) is 0 Å². The van der Waals surface area contributed by atoms with E-state index in [4.69, 9.17) is 4.74 Å². The quantitative estimate of drug-likeness (QED) is 0.370. The van der Waals surface area contributed by atoms with Crippen molar-refractivity contribution >= 4 is 6.34 Å². The number of rotatable bonds is 6. The van der Waals surface area contributed by atoms with Gasteiger partial charge in [-0.15, -0.1) is 0 Å². The molecule has 0 aromatic carbocycles. The Morgan fingerprint density at radius 2 is 2.00 bits per heavy atom. The second-order valence-electron chi connectivity index (χ2n) is 3.73. The molecule has 0 bridgehead atoms. The molecule has 0 aromatic rings. The summed E-state index contributed by atoms with van der Waals surface area (Å²) in [7, 11) is 0. The number of unbranched alkanes of at least 4 members (excludes halogenated alkanes) is 3. The second-order valence-corrected chi connectivity index (χ2v) is 3.73. The van der Waals surface area contributed by atoms with E-state index in [1.807, 2.05) is 6.34 Å². The van der Waals surface area contributed by atoms with Crippen LogP contribution in [0.15, 0.2) is 4.99 Å². The lowest BCUT2D eigenvalue weighted by molar-refractivity contribution is 0.0700. The maximum Gasteiger partial charge on any atom is 0.0851 e. The SMILES string of the molecule is CCCCCC/N=C/N1CCOCC1. The Bertz CT molecular complexity index is 153. The topological polar surface area (TPSA) is 24.8 Å². The Morgan fingerprint density at radius 3 is 2.71 bits per heavy atom. The summed E-state index contributed by atoms with van der Waals surface area (Å²) in [6, 6.07) is 0. The predicted molar refractivity (Wildman–Crippen MR) is 59.9 cm³/mol. The van der Waals surface area contributed by atoms with Crippen LogP contribution >= 0.6 is 0 Å². The summed E-state index contributed by atoms with van der Waals surface area (Å²) in [5, 5.41) is 0. The van der Waals surface area contributed by atoms with Gasteiger partial charge in [-0.3, -0.25) is 4.99 Å². The molecule has 1 saturated heterocycles. The van der Waals surface area contributed by atoms with Gasteiger partial charge < -0.3 is 9.64 Å². The van der Waals surface area contributed by atoms with Gasteiger partial charge >= 0.3 is 0 Å². The molecule has 1 aliphatic heterocycles. The first-order valence-corrected chi connectivity index (χ1v) is 5.75. The van der Waals surface area contributed by atoms with Crippen molar-refractivity contribution in [3.63, 3.8) is 0 Å². The Balaban J connectivity index is 1.96. The number of nitrogens with zero attached hydrogens (tertiary/aromatic N) is 2. The molecule has 0 atom stereocenters. The third-order valence-corrected chi connectivity index (χ3v) is 2.43. The highest BCUT2D eigenvalue weighted by Gasteiger charge is 2.04. The van der Waals surface area contributed by atoms with E-state index in [0.29, 0.717) is 0 Å². The summed E-state index contributed by atoms with van der Waals surface area (Å²) in [5.74, 6) is 0. The molecule has 14 heavy (non-hydrogen) atoms. The molecule has 1 rings (SSSR count). The van der Waals surface area contributed by atoms with Gasteiger partial charge in [0.05, 0.1) is 19.6 Å². The predicted octanol–water partition coefficient (Wildman–Crippen LogP) is 1.93. The molecule has 0 spiro atoms. The van der Waals surface area contributed by atoms with Crippen molar-refractivity contribution in [3.8, 4) is 0 Å². The lowest BCUT2D eigenvalue weighted by atomic mass is 10.2. The highest BCUT2D eigenvalue weighted by Crippen LogP contribution is 1.99. The van der Waals surface area contributed by atoms with E-state index >= 15 is 0 Å². The second kappa shape index (κ2) is 7.80. The minimum atomic E-state index is 0.849. The van der Waals surface area contributed by atoms with Crippen molar-refractivity contribution in [2.75, 3.05) is 32.8 Å². The van der Waals surface area contributed by atoms with Crippen LogP contribution in [-0.4, -0.2) is 44.1 Å². The number of aliphatic imine (C=N–C) groups is 1. The average Bonchev–Trinajstić information content (AvgIpc) is 2.25. The number of morpholine rings is 1. The first kappa shape index (κ1) is 11.5.